The predicted molar refractivity (Wildman–Crippen MR) is 58.0 cm³/mol. The number of aliphatic hydroxyl groups excluding tert-OH is 1. The van der Waals surface area contributed by atoms with Gasteiger partial charge < -0.3 is 9.84 Å². The van der Waals surface area contributed by atoms with Crippen LogP contribution in [0.15, 0.2) is 24.3 Å². The highest BCUT2D eigenvalue weighted by atomic mass is 19.1. The van der Waals surface area contributed by atoms with E-state index in [1.807, 2.05) is 0 Å². The molecule has 4 heteroatoms. The summed E-state index contributed by atoms with van der Waals surface area (Å²) in [5, 5.41) is 8.87. The fraction of sp³-hybridized carbons (Fsp3) is 0.250. The van der Waals surface area contributed by atoms with E-state index in [-0.39, 0.29) is 19.0 Å². The first-order valence-electron chi connectivity index (χ1n) is 4.79. The molecule has 86 valence electrons. The standard InChI is InChI=1S/C12H13FO3/c1-16-12(15)4-2-3-9-5-10(8-14)7-11(13)6-9/h2-3,5-7,14H,4,8H2,1H3. The van der Waals surface area contributed by atoms with Crippen molar-refractivity contribution in [1.82, 2.24) is 0 Å². The van der Waals surface area contributed by atoms with E-state index in [2.05, 4.69) is 4.74 Å². The molecule has 0 heterocycles. The molecule has 0 fully saturated rings. The number of carbonyl (C=O) groups excluding carboxylic acids is 1. The van der Waals surface area contributed by atoms with Gasteiger partial charge in [0.15, 0.2) is 0 Å². The molecule has 0 aliphatic heterocycles. The van der Waals surface area contributed by atoms with E-state index in [1.54, 1.807) is 18.2 Å². The summed E-state index contributed by atoms with van der Waals surface area (Å²) in [6.45, 7) is -0.213. The fourth-order valence-electron chi connectivity index (χ4n) is 1.24. The Labute approximate surface area is 93.2 Å². The minimum absolute atomic E-state index is 0.140. The zero-order valence-electron chi connectivity index (χ0n) is 8.94. The maximum atomic E-state index is 13.0. The first-order valence-corrected chi connectivity index (χ1v) is 4.79. The maximum Gasteiger partial charge on any atom is 0.309 e. The maximum absolute atomic E-state index is 13.0. The molecule has 0 atom stereocenters. The number of hydrogen-bond donors (Lipinski definition) is 1. The van der Waals surface area contributed by atoms with Crippen molar-refractivity contribution >= 4 is 12.0 Å². The Morgan fingerprint density at radius 1 is 1.50 bits per heavy atom. The first kappa shape index (κ1) is 12.4. The molecule has 0 saturated carbocycles. The van der Waals surface area contributed by atoms with Crippen molar-refractivity contribution in [3.63, 3.8) is 0 Å². The molecule has 16 heavy (non-hydrogen) atoms. The Bertz CT molecular complexity index is 399. The summed E-state index contributed by atoms with van der Waals surface area (Å²) >= 11 is 0. The lowest BCUT2D eigenvalue weighted by Gasteiger charge is -1.99. The summed E-state index contributed by atoms with van der Waals surface area (Å²) in [5.74, 6) is -0.765. The van der Waals surface area contributed by atoms with Gasteiger partial charge in [-0.1, -0.05) is 12.2 Å². The van der Waals surface area contributed by atoms with Crippen molar-refractivity contribution in [3.05, 3.63) is 41.2 Å². The van der Waals surface area contributed by atoms with Gasteiger partial charge in [-0.25, -0.2) is 4.39 Å². The van der Waals surface area contributed by atoms with Gasteiger partial charge in [0, 0.05) is 0 Å². The van der Waals surface area contributed by atoms with Crippen LogP contribution in [-0.4, -0.2) is 18.2 Å². The zero-order valence-corrected chi connectivity index (χ0v) is 8.94. The predicted octanol–water partition coefficient (Wildman–Crippen LogP) is 1.89. The summed E-state index contributed by atoms with van der Waals surface area (Å²) in [7, 11) is 1.31. The third-order valence-corrected chi connectivity index (χ3v) is 1.98. The van der Waals surface area contributed by atoms with Gasteiger partial charge in [0.2, 0.25) is 0 Å². The fourth-order valence-corrected chi connectivity index (χ4v) is 1.24. The van der Waals surface area contributed by atoms with Crippen LogP contribution in [0.3, 0.4) is 0 Å². The number of benzene rings is 1. The normalized spacial score (nSPS) is 10.7. The van der Waals surface area contributed by atoms with Crippen molar-refractivity contribution in [1.29, 1.82) is 0 Å². The average molecular weight is 224 g/mol. The molecule has 0 aromatic heterocycles. The quantitative estimate of drug-likeness (QED) is 0.794. The van der Waals surface area contributed by atoms with E-state index in [0.29, 0.717) is 11.1 Å². The number of ether oxygens (including phenoxy) is 1. The zero-order chi connectivity index (χ0) is 12.0. The minimum atomic E-state index is -0.413. The van der Waals surface area contributed by atoms with Crippen molar-refractivity contribution < 1.29 is 19.0 Å². The second-order valence-electron chi connectivity index (χ2n) is 3.23. The largest absolute Gasteiger partial charge is 0.469 e. The number of halogens is 1. The Morgan fingerprint density at radius 3 is 2.88 bits per heavy atom. The summed E-state index contributed by atoms with van der Waals surface area (Å²) in [5.41, 5.74) is 1.10. The van der Waals surface area contributed by atoms with Gasteiger partial charge in [0.1, 0.15) is 5.82 Å². The van der Waals surface area contributed by atoms with Crippen LogP contribution >= 0.6 is 0 Å². The number of methoxy groups -OCH3 is 1. The number of esters is 1. The van der Waals surface area contributed by atoms with Crippen LogP contribution in [0.5, 0.6) is 0 Å². The Kier molecular flexibility index (Phi) is 4.66. The summed E-state index contributed by atoms with van der Waals surface area (Å²) < 4.78 is 17.5. The van der Waals surface area contributed by atoms with Crippen LogP contribution < -0.4 is 0 Å². The van der Waals surface area contributed by atoms with E-state index in [1.165, 1.54) is 19.2 Å². The molecule has 0 aliphatic carbocycles. The lowest BCUT2D eigenvalue weighted by Crippen LogP contribution is -1.96. The van der Waals surface area contributed by atoms with Crippen molar-refractivity contribution in [2.24, 2.45) is 0 Å². The molecule has 1 aromatic carbocycles. The van der Waals surface area contributed by atoms with Crippen LogP contribution in [0.2, 0.25) is 0 Å². The van der Waals surface area contributed by atoms with E-state index in [0.717, 1.165) is 0 Å². The lowest BCUT2D eigenvalue weighted by molar-refractivity contribution is -0.139. The average Bonchev–Trinajstić information content (AvgIpc) is 2.28. The molecule has 0 amide bonds. The number of aliphatic hydroxyl groups is 1. The van der Waals surface area contributed by atoms with E-state index in [4.69, 9.17) is 5.11 Å². The summed E-state index contributed by atoms with van der Waals surface area (Å²) in [6.07, 6.45) is 3.34. The minimum Gasteiger partial charge on any atom is -0.469 e. The van der Waals surface area contributed by atoms with Gasteiger partial charge in [-0.05, 0) is 29.3 Å². The monoisotopic (exact) mass is 224 g/mol. The van der Waals surface area contributed by atoms with E-state index >= 15 is 0 Å². The second-order valence-corrected chi connectivity index (χ2v) is 3.23. The van der Waals surface area contributed by atoms with E-state index in [9.17, 15) is 9.18 Å². The highest BCUT2D eigenvalue weighted by Crippen LogP contribution is 2.11. The number of hydrogen-bond acceptors (Lipinski definition) is 3. The van der Waals surface area contributed by atoms with E-state index < -0.39 is 5.82 Å². The SMILES string of the molecule is COC(=O)CC=Cc1cc(F)cc(CO)c1. The van der Waals surface area contributed by atoms with Crippen LogP contribution in [0.4, 0.5) is 4.39 Å². The molecular formula is C12H13FO3. The molecule has 0 unspecified atom stereocenters. The molecule has 3 nitrogen and oxygen atoms in total. The molecule has 0 spiro atoms. The van der Waals surface area contributed by atoms with Crippen molar-refractivity contribution in [2.45, 2.75) is 13.0 Å². The third-order valence-electron chi connectivity index (χ3n) is 1.98. The van der Waals surface area contributed by atoms with Crippen LogP contribution in [0, 0.1) is 5.82 Å². The van der Waals surface area contributed by atoms with Crippen molar-refractivity contribution in [3.8, 4) is 0 Å². The summed E-state index contributed by atoms with van der Waals surface area (Å²) in [6, 6.07) is 4.24. The molecule has 1 rings (SSSR count). The summed E-state index contributed by atoms with van der Waals surface area (Å²) in [4.78, 5) is 10.8. The Balaban J connectivity index is 2.73. The topological polar surface area (TPSA) is 46.5 Å². The van der Waals surface area contributed by atoms with Crippen LogP contribution in [0.1, 0.15) is 17.5 Å². The number of carbonyl (C=O) groups is 1. The molecule has 0 bridgehead atoms. The molecule has 0 saturated heterocycles. The lowest BCUT2D eigenvalue weighted by atomic mass is 10.1. The molecule has 0 aliphatic rings. The Hall–Kier alpha value is -1.68. The molecule has 1 N–H and O–H groups in total. The highest BCUT2D eigenvalue weighted by molar-refractivity contribution is 5.72. The van der Waals surface area contributed by atoms with Crippen LogP contribution in [0.25, 0.3) is 6.08 Å². The van der Waals surface area contributed by atoms with Gasteiger partial charge in [-0.2, -0.15) is 0 Å². The van der Waals surface area contributed by atoms with Crippen LogP contribution in [-0.2, 0) is 16.1 Å². The highest BCUT2D eigenvalue weighted by Gasteiger charge is 1.98. The number of rotatable bonds is 4. The van der Waals surface area contributed by atoms with Gasteiger partial charge in [0.25, 0.3) is 0 Å². The van der Waals surface area contributed by atoms with Gasteiger partial charge in [-0.3, -0.25) is 4.79 Å². The molecular weight excluding hydrogens is 211 g/mol. The smallest absolute Gasteiger partial charge is 0.309 e. The molecule has 0 radical (unpaired) electrons. The van der Waals surface area contributed by atoms with Gasteiger partial charge >= 0.3 is 5.97 Å². The van der Waals surface area contributed by atoms with Gasteiger partial charge in [0.05, 0.1) is 20.1 Å². The Morgan fingerprint density at radius 2 is 2.25 bits per heavy atom. The third kappa shape index (κ3) is 3.82. The first-order chi connectivity index (χ1) is 7.65. The van der Waals surface area contributed by atoms with Gasteiger partial charge in [-0.15, -0.1) is 0 Å². The van der Waals surface area contributed by atoms with Crippen molar-refractivity contribution in [2.75, 3.05) is 7.11 Å². The second kappa shape index (κ2) is 6.02. The molecule has 1 aromatic rings.